The van der Waals surface area contributed by atoms with Gasteiger partial charge >= 0.3 is 0 Å². The zero-order chi connectivity index (χ0) is 11.4. The van der Waals surface area contributed by atoms with Gasteiger partial charge in [0.2, 0.25) is 15.2 Å². The van der Waals surface area contributed by atoms with E-state index in [-0.39, 0.29) is 70.8 Å². The van der Waals surface area contributed by atoms with Crippen LogP contribution in [0.3, 0.4) is 0 Å². The molecular formula is C6H15O6P2Y2-. The maximum atomic E-state index is 11.8. The van der Waals surface area contributed by atoms with E-state index >= 15 is 0 Å². The standard InChI is InChI=1S/C6H15O6P2.2Y/c1-6(13(7,9-2)10-3)14(8,11-4)12-5;;/h1-5H3;;/q-1;;. The SMILES string of the molecule is COP(=O)(OC)[C-](C)P(=O)(OC)OC.[Y].[Y]. The van der Waals surface area contributed by atoms with Crippen molar-refractivity contribution in [2.24, 2.45) is 0 Å². The Balaban J connectivity index is -0.000000845. The minimum atomic E-state index is -3.52. The molecule has 0 N–H and O–H groups in total. The molecule has 16 heavy (non-hydrogen) atoms. The summed E-state index contributed by atoms with van der Waals surface area (Å²) in [5.74, 6) is 0. The molecule has 0 unspecified atom stereocenters. The van der Waals surface area contributed by atoms with Gasteiger partial charge < -0.3 is 18.1 Å². The molecule has 0 aliphatic carbocycles. The van der Waals surface area contributed by atoms with Gasteiger partial charge in [-0.05, 0) is 0 Å². The second kappa shape index (κ2) is 10.3. The third-order valence-electron chi connectivity index (χ3n) is 1.75. The zero-order valence-electron chi connectivity index (χ0n) is 10.00. The molecule has 0 saturated heterocycles. The summed E-state index contributed by atoms with van der Waals surface area (Å²) in [7, 11) is -2.26. The molecule has 0 spiro atoms. The molecule has 0 amide bonds. The normalized spacial score (nSPS) is 11.9. The molecule has 0 aromatic rings. The third kappa shape index (κ3) is 5.65. The average Bonchev–Trinajstić information content (AvgIpc) is 2.25. The van der Waals surface area contributed by atoms with Crippen LogP contribution >= 0.6 is 15.2 Å². The van der Waals surface area contributed by atoms with Crippen molar-refractivity contribution in [1.29, 1.82) is 0 Å². The number of hydrogen-bond donors (Lipinski definition) is 0. The van der Waals surface area contributed by atoms with E-state index in [2.05, 4.69) is 18.1 Å². The molecule has 0 bridgehead atoms. The Morgan fingerprint density at radius 1 is 0.750 bits per heavy atom. The maximum absolute atomic E-state index is 11.8. The summed E-state index contributed by atoms with van der Waals surface area (Å²) in [6.07, 6.45) is 0. The molecule has 0 aliphatic rings. The number of rotatable bonds is 6. The molecule has 0 rings (SSSR count). The molecule has 0 heterocycles. The van der Waals surface area contributed by atoms with Crippen LogP contribution in [0.15, 0.2) is 0 Å². The summed E-state index contributed by atoms with van der Waals surface area (Å²) in [5, 5.41) is -0.0694. The van der Waals surface area contributed by atoms with Crippen molar-refractivity contribution in [2.45, 2.75) is 6.92 Å². The first-order valence-corrected chi connectivity index (χ1v) is 6.76. The van der Waals surface area contributed by atoms with Crippen molar-refractivity contribution in [2.75, 3.05) is 28.4 Å². The van der Waals surface area contributed by atoms with E-state index in [1.165, 1.54) is 35.4 Å². The summed E-state index contributed by atoms with van der Waals surface area (Å²) in [6.45, 7) is 1.35. The van der Waals surface area contributed by atoms with Gasteiger partial charge in [0.1, 0.15) is 0 Å². The Morgan fingerprint density at radius 2 is 0.938 bits per heavy atom. The van der Waals surface area contributed by atoms with Gasteiger partial charge in [0.05, 0.1) is 0 Å². The summed E-state index contributed by atoms with van der Waals surface area (Å²) < 4.78 is 42.3. The molecule has 0 fully saturated rings. The van der Waals surface area contributed by atoms with E-state index in [9.17, 15) is 9.13 Å². The van der Waals surface area contributed by atoms with Crippen LogP contribution in [0.2, 0.25) is 0 Å². The Hall–Kier alpha value is 2.51. The molecule has 0 aromatic carbocycles. The molecule has 0 atom stereocenters. The Morgan fingerprint density at radius 3 is 1.06 bits per heavy atom. The summed E-state index contributed by atoms with van der Waals surface area (Å²) in [4.78, 5) is 0. The first kappa shape index (κ1) is 23.6. The van der Waals surface area contributed by atoms with E-state index < -0.39 is 15.2 Å². The van der Waals surface area contributed by atoms with E-state index in [0.717, 1.165) is 0 Å². The van der Waals surface area contributed by atoms with Gasteiger partial charge in [-0.3, -0.25) is 9.13 Å². The maximum Gasteiger partial charge on any atom is 0.200 e. The minimum Gasteiger partial charge on any atom is -0.334 e. The number of hydrogen-bond acceptors (Lipinski definition) is 6. The fraction of sp³-hybridized carbons (Fsp3) is 0.833. The quantitative estimate of drug-likeness (QED) is 0.483. The van der Waals surface area contributed by atoms with Crippen molar-refractivity contribution in [3.8, 4) is 0 Å². The summed E-state index contributed by atoms with van der Waals surface area (Å²) >= 11 is 0. The van der Waals surface area contributed by atoms with Crippen molar-refractivity contribution in [3.05, 3.63) is 5.40 Å². The van der Waals surface area contributed by atoms with Gasteiger partial charge in [-0.15, -0.1) is 0 Å². The summed E-state index contributed by atoms with van der Waals surface area (Å²) in [6, 6.07) is 0. The molecule has 0 aliphatic heterocycles. The minimum absolute atomic E-state index is 0. The fourth-order valence-corrected chi connectivity index (χ4v) is 4.36. The van der Waals surface area contributed by atoms with Gasteiger partial charge in [-0.25, -0.2) is 0 Å². The van der Waals surface area contributed by atoms with E-state index in [1.807, 2.05) is 0 Å². The van der Waals surface area contributed by atoms with E-state index in [0.29, 0.717) is 0 Å². The second-order valence-electron chi connectivity index (χ2n) is 2.27. The van der Waals surface area contributed by atoms with Crippen molar-refractivity contribution in [3.63, 3.8) is 0 Å². The van der Waals surface area contributed by atoms with Crippen LogP contribution in [0, 0.1) is 5.40 Å². The monoisotopic (exact) mass is 423 g/mol. The zero-order valence-corrected chi connectivity index (χ0v) is 17.5. The molecule has 2 radical (unpaired) electrons. The topological polar surface area (TPSA) is 71.1 Å². The van der Waals surface area contributed by atoms with E-state index in [1.54, 1.807) is 0 Å². The van der Waals surface area contributed by atoms with Crippen molar-refractivity contribution < 1.29 is 92.6 Å². The van der Waals surface area contributed by atoms with Gasteiger partial charge in [0.15, 0.2) is 0 Å². The van der Waals surface area contributed by atoms with Crippen LogP contribution in [0.5, 0.6) is 0 Å². The van der Waals surface area contributed by atoms with Crippen LogP contribution in [-0.2, 0) is 92.6 Å². The van der Waals surface area contributed by atoms with Gasteiger partial charge in [0, 0.05) is 93.9 Å². The van der Waals surface area contributed by atoms with Crippen LogP contribution in [-0.4, -0.2) is 28.4 Å². The summed E-state index contributed by atoms with van der Waals surface area (Å²) in [5.41, 5.74) is 0. The second-order valence-corrected chi connectivity index (χ2v) is 7.42. The smallest absolute Gasteiger partial charge is 0.200 e. The Bertz CT molecular complexity index is 232. The van der Waals surface area contributed by atoms with Gasteiger partial charge in [0.25, 0.3) is 0 Å². The van der Waals surface area contributed by atoms with E-state index in [4.69, 9.17) is 0 Å². The van der Waals surface area contributed by atoms with Gasteiger partial charge in [-0.2, -0.15) is 6.92 Å². The van der Waals surface area contributed by atoms with Crippen LogP contribution in [0.4, 0.5) is 0 Å². The molecule has 0 aromatic heterocycles. The Kier molecular flexibility index (Phi) is 15.2. The first-order valence-electron chi connectivity index (χ1n) is 3.68. The van der Waals surface area contributed by atoms with Crippen LogP contribution in [0.25, 0.3) is 0 Å². The predicted octanol–water partition coefficient (Wildman–Crippen LogP) is 2.46. The first-order chi connectivity index (χ1) is 6.40. The average molecular weight is 423 g/mol. The Labute approximate surface area is 147 Å². The molecule has 10 heteroatoms. The van der Waals surface area contributed by atoms with Gasteiger partial charge in [-0.1, -0.05) is 5.40 Å². The predicted molar refractivity (Wildman–Crippen MR) is 52.2 cm³/mol. The van der Waals surface area contributed by atoms with Crippen LogP contribution in [0.1, 0.15) is 6.92 Å². The fourth-order valence-electron chi connectivity index (χ4n) is 0.828. The third-order valence-corrected chi connectivity index (χ3v) is 6.73. The largest absolute Gasteiger partial charge is 0.334 e. The molecule has 92 valence electrons. The van der Waals surface area contributed by atoms with Crippen molar-refractivity contribution >= 4 is 15.2 Å². The van der Waals surface area contributed by atoms with Crippen molar-refractivity contribution in [1.82, 2.24) is 0 Å². The molecule has 6 nitrogen and oxygen atoms in total. The van der Waals surface area contributed by atoms with Crippen LogP contribution < -0.4 is 0 Å². The molecule has 0 saturated carbocycles. The molecular weight excluding hydrogens is 408 g/mol.